The zero-order chi connectivity index (χ0) is 11.5. The van der Waals surface area contributed by atoms with Crippen LogP contribution in [0.15, 0.2) is 0 Å². The van der Waals surface area contributed by atoms with Crippen LogP contribution in [0.5, 0.6) is 0 Å². The first kappa shape index (κ1) is 11.1. The zero-order valence-electron chi connectivity index (χ0n) is 9.52. The quantitative estimate of drug-likeness (QED) is 0.834. The number of hydrogen-bond acceptors (Lipinski definition) is 3. The first-order valence-electron chi connectivity index (χ1n) is 5.79. The molecule has 0 amide bonds. The fourth-order valence-electron chi connectivity index (χ4n) is 2.20. The molecule has 1 unspecified atom stereocenters. The van der Waals surface area contributed by atoms with Gasteiger partial charge in [0.15, 0.2) is 0 Å². The molecule has 0 saturated heterocycles. The molecular weight excluding hydrogens is 206 g/mol. The minimum Gasteiger partial charge on any atom is -0.481 e. The average Bonchev–Trinajstić information content (AvgIpc) is 2.61. The number of carboxylic acids is 1. The van der Waals surface area contributed by atoms with E-state index in [-0.39, 0.29) is 12.3 Å². The maximum Gasteiger partial charge on any atom is 0.303 e. The van der Waals surface area contributed by atoms with Crippen molar-refractivity contribution in [3.8, 4) is 0 Å². The Balaban J connectivity index is 2.04. The molecule has 16 heavy (non-hydrogen) atoms. The van der Waals surface area contributed by atoms with Gasteiger partial charge in [-0.25, -0.2) is 0 Å². The molecule has 0 bridgehead atoms. The van der Waals surface area contributed by atoms with E-state index in [0.717, 1.165) is 24.6 Å². The lowest BCUT2D eigenvalue weighted by Crippen LogP contribution is -2.16. The van der Waals surface area contributed by atoms with Crippen LogP contribution in [-0.2, 0) is 24.2 Å². The molecule has 0 fully saturated rings. The van der Waals surface area contributed by atoms with Crippen molar-refractivity contribution >= 4 is 5.97 Å². The number of carbonyl (C=O) groups is 1. The number of hydrogen-bond donors (Lipinski definition) is 1. The van der Waals surface area contributed by atoms with Crippen molar-refractivity contribution in [3.63, 3.8) is 0 Å². The summed E-state index contributed by atoms with van der Waals surface area (Å²) >= 11 is 0. The zero-order valence-corrected chi connectivity index (χ0v) is 9.52. The molecule has 5 nitrogen and oxygen atoms in total. The molecule has 5 heteroatoms. The summed E-state index contributed by atoms with van der Waals surface area (Å²) in [6, 6.07) is 0. The number of aromatic nitrogens is 3. The molecule has 2 rings (SSSR count). The van der Waals surface area contributed by atoms with E-state index in [1.165, 1.54) is 12.8 Å². The van der Waals surface area contributed by atoms with Crippen LogP contribution in [0.3, 0.4) is 0 Å². The lowest BCUT2D eigenvalue weighted by molar-refractivity contribution is -0.137. The highest BCUT2D eigenvalue weighted by Gasteiger charge is 2.18. The molecule has 88 valence electrons. The van der Waals surface area contributed by atoms with Gasteiger partial charge >= 0.3 is 5.97 Å². The summed E-state index contributed by atoms with van der Waals surface area (Å²) in [5.41, 5.74) is 0. The van der Waals surface area contributed by atoms with Crippen molar-refractivity contribution in [2.75, 3.05) is 0 Å². The molecule has 0 saturated carbocycles. The highest BCUT2D eigenvalue weighted by molar-refractivity contribution is 5.66. The minimum atomic E-state index is -0.745. The number of carboxylic acid groups (broad SMARTS) is 1. The van der Waals surface area contributed by atoms with E-state index in [1.54, 1.807) is 0 Å². The first-order valence-corrected chi connectivity index (χ1v) is 5.79. The fourth-order valence-corrected chi connectivity index (χ4v) is 2.20. The number of fused-ring (bicyclic) bond motifs is 1. The number of nitrogens with zero attached hydrogens (tertiary/aromatic N) is 3. The standard InChI is InChI=1S/C11H17N3O2/c1-8(7-11(15)16)6-10-13-12-9-4-2-3-5-14(9)10/h8H,2-7H2,1H3,(H,15,16). The van der Waals surface area contributed by atoms with Crippen molar-refractivity contribution in [2.24, 2.45) is 5.92 Å². The van der Waals surface area contributed by atoms with Crippen molar-refractivity contribution < 1.29 is 9.90 Å². The molecule has 2 heterocycles. The molecule has 1 aromatic rings. The van der Waals surface area contributed by atoms with Gasteiger partial charge in [-0.05, 0) is 18.8 Å². The summed E-state index contributed by atoms with van der Waals surface area (Å²) < 4.78 is 2.15. The van der Waals surface area contributed by atoms with Crippen LogP contribution < -0.4 is 0 Å². The first-order chi connectivity index (χ1) is 7.66. The minimum absolute atomic E-state index is 0.118. The molecule has 1 aliphatic rings. The van der Waals surface area contributed by atoms with Crippen LogP contribution in [-0.4, -0.2) is 25.8 Å². The lowest BCUT2D eigenvalue weighted by atomic mass is 10.0. The SMILES string of the molecule is CC(CC(=O)O)Cc1nnc2n1CCCC2. The van der Waals surface area contributed by atoms with Gasteiger partial charge in [0, 0.05) is 25.8 Å². The lowest BCUT2D eigenvalue weighted by Gasteiger charge is -2.16. The van der Waals surface area contributed by atoms with Gasteiger partial charge in [-0.15, -0.1) is 10.2 Å². The van der Waals surface area contributed by atoms with E-state index in [9.17, 15) is 4.79 Å². The highest BCUT2D eigenvalue weighted by Crippen LogP contribution is 2.17. The second-order valence-electron chi connectivity index (χ2n) is 4.55. The van der Waals surface area contributed by atoms with Crippen molar-refractivity contribution in [3.05, 3.63) is 11.6 Å². The van der Waals surface area contributed by atoms with E-state index in [2.05, 4.69) is 14.8 Å². The van der Waals surface area contributed by atoms with Crippen molar-refractivity contribution in [2.45, 2.75) is 45.6 Å². The predicted molar refractivity (Wildman–Crippen MR) is 58.1 cm³/mol. The summed E-state index contributed by atoms with van der Waals surface area (Å²) in [5.74, 6) is 1.38. The summed E-state index contributed by atoms with van der Waals surface area (Å²) in [6.45, 7) is 2.93. The average molecular weight is 223 g/mol. The monoisotopic (exact) mass is 223 g/mol. The van der Waals surface area contributed by atoms with Crippen LogP contribution in [0, 0.1) is 5.92 Å². The normalized spacial score (nSPS) is 16.8. The Labute approximate surface area is 94.5 Å². The molecule has 0 aromatic carbocycles. The Morgan fingerprint density at radius 1 is 1.50 bits per heavy atom. The summed E-state index contributed by atoms with van der Waals surface area (Å²) in [7, 11) is 0. The van der Waals surface area contributed by atoms with Gasteiger partial charge in [-0.2, -0.15) is 0 Å². The third-order valence-electron chi connectivity index (χ3n) is 2.99. The molecule has 1 atom stereocenters. The Hall–Kier alpha value is -1.39. The Morgan fingerprint density at radius 2 is 2.31 bits per heavy atom. The second-order valence-corrected chi connectivity index (χ2v) is 4.55. The van der Waals surface area contributed by atoms with Crippen LogP contribution >= 0.6 is 0 Å². The summed E-state index contributed by atoms with van der Waals surface area (Å²) in [4.78, 5) is 10.6. The van der Waals surface area contributed by atoms with E-state index in [1.807, 2.05) is 6.92 Å². The summed E-state index contributed by atoms with van der Waals surface area (Å²) in [6.07, 6.45) is 4.26. The highest BCUT2D eigenvalue weighted by atomic mass is 16.4. The van der Waals surface area contributed by atoms with Crippen molar-refractivity contribution in [1.82, 2.24) is 14.8 Å². The molecule has 0 spiro atoms. The van der Waals surface area contributed by atoms with Crippen LogP contribution in [0.2, 0.25) is 0 Å². The van der Waals surface area contributed by atoms with Gasteiger partial charge < -0.3 is 9.67 Å². The molecule has 1 N–H and O–H groups in total. The smallest absolute Gasteiger partial charge is 0.303 e. The van der Waals surface area contributed by atoms with Gasteiger partial charge in [0.1, 0.15) is 11.6 Å². The number of aryl methyl sites for hydroxylation is 1. The number of aliphatic carboxylic acids is 1. The van der Waals surface area contributed by atoms with Gasteiger partial charge in [0.2, 0.25) is 0 Å². The van der Waals surface area contributed by atoms with Gasteiger partial charge in [-0.1, -0.05) is 6.92 Å². The maximum atomic E-state index is 10.6. The van der Waals surface area contributed by atoms with Crippen LogP contribution in [0.1, 0.15) is 37.8 Å². The molecule has 0 aliphatic carbocycles. The van der Waals surface area contributed by atoms with Crippen LogP contribution in [0.4, 0.5) is 0 Å². The van der Waals surface area contributed by atoms with E-state index >= 15 is 0 Å². The molecule has 1 aliphatic heterocycles. The largest absolute Gasteiger partial charge is 0.481 e. The topological polar surface area (TPSA) is 68.0 Å². The van der Waals surface area contributed by atoms with Crippen molar-refractivity contribution in [1.29, 1.82) is 0 Å². The van der Waals surface area contributed by atoms with E-state index in [4.69, 9.17) is 5.11 Å². The van der Waals surface area contributed by atoms with Crippen LogP contribution in [0.25, 0.3) is 0 Å². The molecule has 1 aromatic heterocycles. The predicted octanol–water partition coefficient (Wildman–Crippen LogP) is 1.27. The summed E-state index contributed by atoms with van der Waals surface area (Å²) in [5, 5.41) is 17.0. The van der Waals surface area contributed by atoms with Gasteiger partial charge in [0.25, 0.3) is 0 Å². The fraction of sp³-hybridized carbons (Fsp3) is 0.727. The maximum absolute atomic E-state index is 10.6. The molecular formula is C11H17N3O2. The Kier molecular flexibility index (Phi) is 3.22. The Morgan fingerprint density at radius 3 is 3.06 bits per heavy atom. The second kappa shape index (κ2) is 4.63. The Bertz CT molecular complexity index is 387. The third-order valence-corrected chi connectivity index (χ3v) is 2.99. The third kappa shape index (κ3) is 2.40. The molecule has 0 radical (unpaired) electrons. The van der Waals surface area contributed by atoms with Gasteiger partial charge in [-0.3, -0.25) is 4.79 Å². The van der Waals surface area contributed by atoms with E-state index in [0.29, 0.717) is 6.42 Å². The van der Waals surface area contributed by atoms with Gasteiger partial charge in [0.05, 0.1) is 0 Å². The number of rotatable bonds is 4. The van der Waals surface area contributed by atoms with E-state index < -0.39 is 5.97 Å².